The van der Waals surface area contributed by atoms with E-state index >= 15 is 0 Å². The van der Waals surface area contributed by atoms with Crippen LogP contribution in [-0.4, -0.2) is 22.8 Å². The number of benzene rings is 2. The highest BCUT2D eigenvalue weighted by molar-refractivity contribution is 6.34. The number of nitrogens with zero attached hydrogens (tertiary/aromatic N) is 1. The fourth-order valence-electron chi connectivity index (χ4n) is 1.87. The van der Waals surface area contributed by atoms with Crippen LogP contribution in [0.15, 0.2) is 42.5 Å². The minimum atomic E-state index is -1.10. The van der Waals surface area contributed by atoms with E-state index in [4.69, 9.17) is 16.3 Å². The van der Waals surface area contributed by atoms with E-state index in [1.165, 1.54) is 25.1 Å². The summed E-state index contributed by atoms with van der Waals surface area (Å²) in [5.74, 6) is -2.26. The Labute approximate surface area is 152 Å². The smallest absolute Gasteiger partial charge is 0.279 e. The molecule has 0 aliphatic carbocycles. The van der Waals surface area contributed by atoms with Crippen molar-refractivity contribution >= 4 is 29.1 Å². The summed E-state index contributed by atoms with van der Waals surface area (Å²) in [6.45, 7) is 1.37. The van der Waals surface area contributed by atoms with E-state index in [1.807, 2.05) is 0 Å². The standard InChI is InChI=1S/C16H13ClFN3O5/c1-9(26-14-5-3-2-4-13(14)18)15(22)19-20-16(23)11-7-6-10(21(24)25)8-12(11)17/h2-9H,1H3,(H,19,22)(H,20,23). The Kier molecular flexibility index (Phi) is 6.07. The van der Waals surface area contributed by atoms with Crippen LogP contribution in [-0.2, 0) is 4.79 Å². The number of ether oxygens (including phenoxy) is 1. The van der Waals surface area contributed by atoms with Crippen LogP contribution in [0.4, 0.5) is 10.1 Å². The summed E-state index contributed by atoms with van der Waals surface area (Å²) in [5, 5.41) is 10.5. The number of carbonyl (C=O) groups is 2. The lowest BCUT2D eigenvalue weighted by molar-refractivity contribution is -0.384. The van der Waals surface area contributed by atoms with Gasteiger partial charge in [-0.3, -0.25) is 30.6 Å². The van der Waals surface area contributed by atoms with Crippen LogP contribution in [0.1, 0.15) is 17.3 Å². The van der Waals surface area contributed by atoms with E-state index < -0.39 is 28.7 Å². The highest BCUT2D eigenvalue weighted by atomic mass is 35.5. The summed E-state index contributed by atoms with van der Waals surface area (Å²) in [7, 11) is 0. The van der Waals surface area contributed by atoms with Crippen molar-refractivity contribution < 1.29 is 23.6 Å². The highest BCUT2D eigenvalue weighted by Crippen LogP contribution is 2.22. The Hall–Kier alpha value is -3.20. The molecule has 0 radical (unpaired) electrons. The molecule has 2 rings (SSSR count). The van der Waals surface area contributed by atoms with Gasteiger partial charge in [0.2, 0.25) is 0 Å². The second kappa shape index (κ2) is 8.26. The van der Waals surface area contributed by atoms with Crippen LogP contribution >= 0.6 is 11.6 Å². The molecule has 26 heavy (non-hydrogen) atoms. The number of halogens is 2. The molecule has 0 aliphatic rings. The molecule has 8 nitrogen and oxygen atoms in total. The van der Waals surface area contributed by atoms with Crippen molar-refractivity contribution in [2.24, 2.45) is 0 Å². The van der Waals surface area contributed by atoms with E-state index in [0.29, 0.717) is 0 Å². The number of hydrogen-bond acceptors (Lipinski definition) is 5. The van der Waals surface area contributed by atoms with Crippen molar-refractivity contribution in [2.75, 3.05) is 0 Å². The second-order valence-electron chi connectivity index (χ2n) is 5.06. The lowest BCUT2D eigenvalue weighted by atomic mass is 10.2. The van der Waals surface area contributed by atoms with Crippen molar-refractivity contribution in [3.63, 3.8) is 0 Å². The Morgan fingerprint density at radius 1 is 1.23 bits per heavy atom. The Morgan fingerprint density at radius 2 is 1.92 bits per heavy atom. The molecule has 0 fully saturated rings. The van der Waals surface area contributed by atoms with Crippen LogP contribution < -0.4 is 15.6 Å². The zero-order valence-electron chi connectivity index (χ0n) is 13.4. The maximum atomic E-state index is 13.5. The van der Waals surface area contributed by atoms with Gasteiger partial charge in [0.1, 0.15) is 0 Å². The molecule has 0 heterocycles. The summed E-state index contributed by atoms with van der Waals surface area (Å²) in [4.78, 5) is 33.9. The molecule has 1 atom stereocenters. The average Bonchev–Trinajstić information content (AvgIpc) is 2.61. The van der Waals surface area contributed by atoms with E-state index in [0.717, 1.165) is 18.2 Å². The fraction of sp³-hybridized carbons (Fsp3) is 0.125. The molecule has 0 saturated carbocycles. The van der Waals surface area contributed by atoms with E-state index in [2.05, 4.69) is 10.9 Å². The van der Waals surface area contributed by atoms with Gasteiger partial charge < -0.3 is 4.74 Å². The molecule has 0 bridgehead atoms. The number of nitro benzene ring substituents is 1. The normalized spacial score (nSPS) is 11.3. The largest absolute Gasteiger partial charge is 0.478 e. The van der Waals surface area contributed by atoms with Crippen LogP contribution in [0, 0.1) is 15.9 Å². The summed E-state index contributed by atoms with van der Waals surface area (Å²) in [6, 6.07) is 8.82. The van der Waals surface area contributed by atoms with Crippen LogP contribution in [0.3, 0.4) is 0 Å². The first-order valence-corrected chi connectivity index (χ1v) is 7.62. The number of amides is 2. The van der Waals surface area contributed by atoms with Crippen molar-refractivity contribution in [3.8, 4) is 5.75 Å². The average molecular weight is 382 g/mol. The molecule has 10 heteroatoms. The molecule has 136 valence electrons. The van der Waals surface area contributed by atoms with E-state index in [9.17, 15) is 24.1 Å². The van der Waals surface area contributed by atoms with Crippen molar-refractivity contribution in [1.82, 2.24) is 10.9 Å². The molecule has 0 aromatic heterocycles. The quantitative estimate of drug-likeness (QED) is 0.611. The minimum Gasteiger partial charge on any atom is -0.478 e. The summed E-state index contributed by atoms with van der Waals surface area (Å²) >= 11 is 5.83. The lowest BCUT2D eigenvalue weighted by Gasteiger charge is -2.15. The monoisotopic (exact) mass is 381 g/mol. The zero-order valence-corrected chi connectivity index (χ0v) is 14.1. The van der Waals surface area contributed by atoms with Crippen LogP contribution in [0.25, 0.3) is 0 Å². The van der Waals surface area contributed by atoms with Gasteiger partial charge in [0.15, 0.2) is 17.7 Å². The fourth-order valence-corrected chi connectivity index (χ4v) is 2.13. The molecular formula is C16H13ClFN3O5. The Balaban J connectivity index is 1.95. The number of non-ortho nitro benzene ring substituents is 1. The maximum Gasteiger partial charge on any atom is 0.279 e. The Bertz CT molecular complexity index is 862. The third-order valence-electron chi connectivity index (χ3n) is 3.22. The van der Waals surface area contributed by atoms with Gasteiger partial charge in [0.05, 0.1) is 15.5 Å². The Morgan fingerprint density at radius 3 is 2.54 bits per heavy atom. The summed E-state index contributed by atoms with van der Waals surface area (Å²) in [6.07, 6.45) is -1.10. The highest BCUT2D eigenvalue weighted by Gasteiger charge is 2.19. The number of nitro groups is 1. The first kappa shape index (κ1) is 19.1. The van der Waals surface area contributed by atoms with Crippen molar-refractivity contribution in [1.29, 1.82) is 0 Å². The van der Waals surface area contributed by atoms with Gasteiger partial charge in [-0.2, -0.15) is 0 Å². The number of hydrazine groups is 1. The van der Waals surface area contributed by atoms with Gasteiger partial charge >= 0.3 is 0 Å². The zero-order chi connectivity index (χ0) is 19.3. The lowest BCUT2D eigenvalue weighted by Crippen LogP contribution is -2.47. The molecule has 0 spiro atoms. The number of hydrogen-bond donors (Lipinski definition) is 2. The van der Waals surface area contributed by atoms with Gasteiger partial charge in [-0.15, -0.1) is 0 Å². The topological polar surface area (TPSA) is 111 Å². The second-order valence-corrected chi connectivity index (χ2v) is 5.46. The third-order valence-corrected chi connectivity index (χ3v) is 3.53. The molecule has 0 saturated heterocycles. The maximum absolute atomic E-state index is 13.5. The van der Waals surface area contributed by atoms with Gasteiger partial charge in [0, 0.05) is 12.1 Å². The van der Waals surface area contributed by atoms with Crippen LogP contribution in [0.5, 0.6) is 5.75 Å². The SMILES string of the molecule is CC(Oc1ccccc1F)C(=O)NNC(=O)c1ccc([N+](=O)[O-])cc1Cl. The number of rotatable bonds is 5. The first-order valence-electron chi connectivity index (χ1n) is 7.25. The third kappa shape index (κ3) is 4.67. The van der Waals surface area contributed by atoms with E-state index in [1.54, 1.807) is 6.07 Å². The molecule has 0 aliphatic heterocycles. The molecular weight excluding hydrogens is 369 g/mol. The van der Waals surface area contributed by atoms with Crippen LogP contribution in [0.2, 0.25) is 5.02 Å². The first-order chi connectivity index (χ1) is 12.3. The minimum absolute atomic E-state index is 0.0692. The van der Waals surface area contributed by atoms with Gasteiger partial charge in [-0.1, -0.05) is 23.7 Å². The predicted molar refractivity (Wildman–Crippen MR) is 90.2 cm³/mol. The molecule has 2 N–H and O–H groups in total. The molecule has 1 unspecified atom stereocenters. The van der Waals surface area contributed by atoms with Crippen molar-refractivity contribution in [3.05, 3.63) is 69.0 Å². The van der Waals surface area contributed by atoms with Crippen molar-refractivity contribution in [2.45, 2.75) is 13.0 Å². The number of para-hydroxylation sites is 1. The summed E-state index contributed by atoms with van der Waals surface area (Å²) in [5.41, 5.74) is 3.86. The van der Waals surface area contributed by atoms with Gasteiger partial charge in [-0.25, -0.2) is 4.39 Å². The van der Waals surface area contributed by atoms with E-state index in [-0.39, 0.29) is 22.0 Å². The number of carbonyl (C=O) groups excluding carboxylic acids is 2. The number of nitrogens with one attached hydrogen (secondary N) is 2. The summed E-state index contributed by atoms with van der Waals surface area (Å²) < 4.78 is 18.7. The molecule has 2 aromatic rings. The predicted octanol–water partition coefficient (Wildman–Crippen LogP) is 2.62. The van der Waals surface area contributed by atoms with Gasteiger partial charge in [0.25, 0.3) is 17.5 Å². The molecule has 2 amide bonds. The van der Waals surface area contributed by atoms with Gasteiger partial charge in [-0.05, 0) is 25.1 Å². The molecule has 2 aromatic carbocycles.